The smallest absolute Gasteiger partial charge is 0.0202 e. The topological polar surface area (TPSA) is 0 Å². The second-order valence-electron chi connectivity index (χ2n) is 3.63. The highest BCUT2D eigenvalue weighted by Gasteiger charge is 2.26. The van der Waals surface area contributed by atoms with Gasteiger partial charge in [-0.25, -0.2) is 0 Å². The molecular weight excluding hydrogens is 120 g/mol. The van der Waals surface area contributed by atoms with Crippen LogP contribution in [-0.4, -0.2) is 0 Å². The molecule has 0 aromatic heterocycles. The van der Waals surface area contributed by atoms with Gasteiger partial charge in [-0.2, -0.15) is 0 Å². The van der Waals surface area contributed by atoms with Crippen LogP contribution >= 0.6 is 0 Å². The van der Waals surface area contributed by atoms with Gasteiger partial charge in [0.15, 0.2) is 0 Å². The molecule has 0 aromatic rings. The Morgan fingerprint density at radius 2 is 2.00 bits per heavy atom. The summed E-state index contributed by atoms with van der Waals surface area (Å²) in [6.45, 7) is 9.25. The average molecular weight is 138 g/mol. The third-order valence-corrected chi connectivity index (χ3v) is 3.13. The molecule has 0 nitrogen and oxygen atoms in total. The van der Waals surface area contributed by atoms with Crippen molar-refractivity contribution < 1.29 is 0 Å². The summed E-state index contributed by atoms with van der Waals surface area (Å²) in [7, 11) is 0. The summed E-state index contributed by atoms with van der Waals surface area (Å²) in [6, 6.07) is 0. The molecule has 0 bridgehead atoms. The fraction of sp³-hybridized carbons (Fsp3) is 0.800. The fourth-order valence-electron chi connectivity index (χ4n) is 1.92. The van der Waals surface area contributed by atoms with Gasteiger partial charge in [-0.05, 0) is 31.1 Å². The van der Waals surface area contributed by atoms with E-state index in [2.05, 4.69) is 33.8 Å². The molecule has 0 spiro atoms. The minimum absolute atomic E-state index is 0.824. The summed E-state index contributed by atoms with van der Waals surface area (Å²) in [5, 5.41) is 0. The Bertz CT molecular complexity index is 144. The highest BCUT2D eigenvalue weighted by molar-refractivity contribution is 5.14. The highest BCUT2D eigenvalue weighted by Crippen LogP contribution is 2.36. The molecule has 0 heteroatoms. The van der Waals surface area contributed by atoms with Crippen LogP contribution in [0, 0.1) is 17.8 Å². The molecule has 1 rings (SSSR count). The second-order valence-corrected chi connectivity index (χ2v) is 3.63. The van der Waals surface area contributed by atoms with Crippen molar-refractivity contribution in [2.24, 2.45) is 17.8 Å². The molecule has 0 N–H and O–H groups in total. The third kappa shape index (κ3) is 1.12. The van der Waals surface area contributed by atoms with Crippen molar-refractivity contribution in [2.75, 3.05) is 0 Å². The Morgan fingerprint density at radius 3 is 2.20 bits per heavy atom. The Labute approximate surface area is 64.3 Å². The van der Waals surface area contributed by atoms with Crippen LogP contribution in [0.25, 0.3) is 0 Å². The van der Waals surface area contributed by atoms with E-state index in [9.17, 15) is 0 Å². The quantitative estimate of drug-likeness (QED) is 0.488. The predicted molar refractivity (Wildman–Crippen MR) is 45.9 cm³/mol. The molecule has 0 amide bonds. The zero-order valence-electron chi connectivity index (χ0n) is 7.52. The molecular formula is C10H18. The standard InChI is InChI=1S/C10H18/c1-5-10-6-7(2)8(3)9(10)4/h6,8-10H,5H2,1-4H3. The van der Waals surface area contributed by atoms with Gasteiger partial charge in [0.25, 0.3) is 0 Å². The van der Waals surface area contributed by atoms with Gasteiger partial charge in [0.05, 0.1) is 0 Å². The summed E-state index contributed by atoms with van der Waals surface area (Å²) in [6.07, 6.45) is 3.76. The van der Waals surface area contributed by atoms with Gasteiger partial charge in [0, 0.05) is 0 Å². The van der Waals surface area contributed by atoms with Crippen LogP contribution in [0.3, 0.4) is 0 Å². The molecule has 58 valence electrons. The Morgan fingerprint density at radius 1 is 1.40 bits per heavy atom. The normalized spacial score (nSPS) is 40.0. The van der Waals surface area contributed by atoms with Crippen molar-refractivity contribution in [3.63, 3.8) is 0 Å². The van der Waals surface area contributed by atoms with E-state index in [-0.39, 0.29) is 0 Å². The van der Waals surface area contributed by atoms with Crippen LogP contribution < -0.4 is 0 Å². The molecule has 0 aliphatic heterocycles. The summed E-state index contributed by atoms with van der Waals surface area (Å²) >= 11 is 0. The predicted octanol–water partition coefficient (Wildman–Crippen LogP) is 3.24. The van der Waals surface area contributed by atoms with Gasteiger partial charge in [-0.1, -0.05) is 32.4 Å². The van der Waals surface area contributed by atoms with Gasteiger partial charge in [0.2, 0.25) is 0 Å². The Hall–Kier alpha value is -0.260. The maximum atomic E-state index is 2.45. The Kier molecular flexibility index (Phi) is 2.18. The van der Waals surface area contributed by atoms with E-state index in [1.807, 2.05) is 0 Å². The van der Waals surface area contributed by atoms with Crippen LogP contribution in [0.15, 0.2) is 11.6 Å². The van der Waals surface area contributed by atoms with Crippen molar-refractivity contribution in [1.29, 1.82) is 0 Å². The molecule has 3 atom stereocenters. The van der Waals surface area contributed by atoms with Crippen LogP contribution in [0.1, 0.15) is 34.1 Å². The number of allylic oxidation sites excluding steroid dienone is 2. The lowest BCUT2D eigenvalue weighted by atomic mass is 9.88. The SMILES string of the molecule is CCC1C=C(C)C(C)C1C. The first-order valence-electron chi connectivity index (χ1n) is 4.35. The maximum Gasteiger partial charge on any atom is -0.0202 e. The van der Waals surface area contributed by atoms with E-state index in [1.165, 1.54) is 6.42 Å². The zero-order chi connectivity index (χ0) is 7.72. The van der Waals surface area contributed by atoms with Crippen molar-refractivity contribution in [3.8, 4) is 0 Å². The lowest BCUT2D eigenvalue weighted by Gasteiger charge is -2.16. The lowest BCUT2D eigenvalue weighted by Crippen LogP contribution is -2.09. The molecule has 0 aromatic carbocycles. The van der Waals surface area contributed by atoms with Gasteiger partial charge in [-0.3, -0.25) is 0 Å². The molecule has 1 aliphatic rings. The van der Waals surface area contributed by atoms with Gasteiger partial charge < -0.3 is 0 Å². The molecule has 10 heavy (non-hydrogen) atoms. The first kappa shape index (κ1) is 7.84. The molecule has 0 saturated carbocycles. The van der Waals surface area contributed by atoms with Gasteiger partial charge in [-0.15, -0.1) is 0 Å². The summed E-state index contributed by atoms with van der Waals surface area (Å²) in [5.74, 6) is 2.56. The van der Waals surface area contributed by atoms with Crippen LogP contribution in [0.4, 0.5) is 0 Å². The molecule has 0 saturated heterocycles. The zero-order valence-corrected chi connectivity index (χ0v) is 7.52. The van der Waals surface area contributed by atoms with Crippen LogP contribution in [-0.2, 0) is 0 Å². The van der Waals surface area contributed by atoms with Crippen molar-refractivity contribution >= 4 is 0 Å². The monoisotopic (exact) mass is 138 g/mol. The van der Waals surface area contributed by atoms with Crippen molar-refractivity contribution in [1.82, 2.24) is 0 Å². The molecule has 1 aliphatic carbocycles. The number of rotatable bonds is 1. The van der Waals surface area contributed by atoms with Crippen molar-refractivity contribution in [2.45, 2.75) is 34.1 Å². The van der Waals surface area contributed by atoms with E-state index in [4.69, 9.17) is 0 Å². The summed E-state index contributed by atoms with van der Waals surface area (Å²) in [4.78, 5) is 0. The first-order chi connectivity index (χ1) is 4.66. The number of hydrogen-bond donors (Lipinski definition) is 0. The molecule has 0 heterocycles. The van der Waals surface area contributed by atoms with E-state index in [0.717, 1.165) is 17.8 Å². The van der Waals surface area contributed by atoms with Crippen molar-refractivity contribution in [3.05, 3.63) is 11.6 Å². The summed E-state index contributed by atoms with van der Waals surface area (Å²) < 4.78 is 0. The molecule has 0 fully saturated rings. The maximum absolute atomic E-state index is 2.45. The minimum atomic E-state index is 0.824. The van der Waals surface area contributed by atoms with Crippen LogP contribution in [0.2, 0.25) is 0 Å². The minimum Gasteiger partial charge on any atom is -0.0819 e. The molecule has 3 unspecified atom stereocenters. The highest BCUT2D eigenvalue weighted by atomic mass is 14.3. The number of hydrogen-bond acceptors (Lipinski definition) is 0. The van der Waals surface area contributed by atoms with E-state index >= 15 is 0 Å². The largest absolute Gasteiger partial charge is 0.0819 e. The van der Waals surface area contributed by atoms with E-state index in [0.29, 0.717) is 0 Å². The Balaban J connectivity index is 2.66. The molecule has 0 radical (unpaired) electrons. The average Bonchev–Trinajstić information content (AvgIpc) is 2.17. The van der Waals surface area contributed by atoms with Gasteiger partial charge >= 0.3 is 0 Å². The summed E-state index contributed by atoms with van der Waals surface area (Å²) in [5.41, 5.74) is 1.60. The van der Waals surface area contributed by atoms with Crippen LogP contribution in [0.5, 0.6) is 0 Å². The first-order valence-corrected chi connectivity index (χ1v) is 4.35. The fourth-order valence-corrected chi connectivity index (χ4v) is 1.92. The third-order valence-electron chi connectivity index (χ3n) is 3.13. The van der Waals surface area contributed by atoms with E-state index in [1.54, 1.807) is 5.57 Å². The van der Waals surface area contributed by atoms with Gasteiger partial charge in [0.1, 0.15) is 0 Å². The van der Waals surface area contributed by atoms with E-state index < -0.39 is 0 Å². The second kappa shape index (κ2) is 2.77. The lowest BCUT2D eigenvalue weighted by molar-refractivity contribution is 0.369.